The van der Waals surface area contributed by atoms with E-state index in [1.165, 1.54) is 30.4 Å². The standard InChI is InChI=1S/C21H23ClFN5O4/c1-24-18(30)16-17(26-10-25-16)19(31)27-12-4-6-21(7-5-12)9-15(29)28(20(21)32)14-3-2-11(23)8-13(14)22/h2-3,8,10,12,15,29H,4-7,9H2,1H3,(H,24,30)(H,25,26)(H,27,31)/t12?,15-,21?/m0/s1. The molecule has 0 bridgehead atoms. The number of nitrogens with one attached hydrogen (secondary N) is 3. The van der Waals surface area contributed by atoms with E-state index in [9.17, 15) is 23.9 Å². The summed E-state index contributed by atoms with van der Waals surface area (Å²) in [6, 6.07) is 3.49. The molecule has 4 rings (SSSR count). The number of rotatable bonds is 4. The molecule has 0 unspecified atom stereocenters. The fraction of sp³-hybridized carbons (Fsp3) is 0.429. The normalized spacial score (nSPS) is 25.2. The summed E-state index contributed by atoms with van der Waals surface area (Å²) in [6.07, 6.45) is 2.43. The number of anilines is 1. The Bertz CT molecular complexity index is 1070. The monoisotopic (exact) mass is 463 g/mol. The first-order valence-corrected chi connectivity index (χ1v) is 10.7. The SMILES string of the molecule is CNC(=O)c1[nH]cnc1C(=O)NC1CCC2(CC1)C[C@H](O)N(c1ccc(F)cc1Cl)C2=O. The van der Waals surface area contributed by atoms with Crippen molar-refractivity contribution in [3.05, 3.63) is 46.8 Å². The molecular weight excluding hydrogens is 441 g/mol. The lowest BCUT2D eigenvalue weighted by atomic mass is 9.71. The Balaban J connectivity index is 1.43. The topological polar surface area (TPSA) is 127 Å². The molecule has 9 nitrogen and oxygen atoms in total. The molecule has 2 fully saturated rings. The van der Waals surface area contributed by atoms with Crippen LogP contribution in [0.25, 0.3) is 0 Å². The van der Waals surface area contributed by atoms with E-state index in [0.29, 0.717) is 25.7 Å². The number of aliphatic hydroxyl groups excluding tert-OH is 1. The third kappa shape index (κ3) is 3.84. The largest absolute Gasteiger partial charge is 0.373 e. The van der Waals surface area contributed by atoms with Gasteiger partial charge in [-0.25, -0.2) is 9.37 Å². The van der Waals surface area contributed by atoms with Gasteiger partial charge in [0.15, 0.2) is 5.69 Å². The maximum atomic E-state index is 13.4. The van der Waals surface area contributed by atoms with Crippen LogP contribution in [-0.4, -0.2) is 52.1 Å². The highest BCUT2D eigenvalue weighted by Crippen LogP contribution is 2.49. The minimum Gasteiger partial charge on any atom is -0.373 e. The van der Waals surface area contributed by atoms with E-state index in [1.807, 2.05) is 0 Å². The molecule has 11 heteroatoms. The highest BCUT2D eigenvalue weighted by atomic mass is 35.5. The minimum absolute atomic E-state index is 0.00845. The number of H-pyrrole nitrogens is 1. The molecule has 4 N–H and O–H groups in total. The Kier molecular flexibility index (Phi) is 5.91. The quantitative estimate of drug-likeness (QED) is 0.551. The first-order chi connectivity index (χ1) is 15.3. The number of aromatic nitrogens is 2. The zero-order chi connectivity index (χ0) is 23.0. The maximum Gasteiger partial charge on any atom is 0.272 e. The lowest BCUT2D eigenvalue weighted by molar-refractivity contribution is -0.127. The fourth-order valence-corrected chi connectivity index (χ4v) is 4.87. The van der Waals surface area contributed by atoms with Crippen LogP contribution >= 0.6 is 11.6 Å². The van der Waals surface area contributed by atoms with E-state index in [0.717, 1.165) is 6.07 Å². The van der Waals surface area contributed by atoms with Crippen LogP contribution in [0.2, 0.25) is 5.02 Å². The predicted molar refractivity (Wildman–Crippen MR) is 114 cm³/mol. The van der Waals surface area contributed by atoms with Crippen molar-refractivity contribution in [2.24, 2.45) is 5.41 Å². The van der Waals surface area contributed by atoms with Gasteiger partial charge < -0.3 is 20.7 Å². The number of benzene rings is 1. The Morgan fingerprint density at radius 1 is 1.31 bits per heavy atom. The van der Waals surface area contributed by atoms with Crippen LogP contribution in [0.5, 0.6) is 0 Å². The lowest BCUT2D eigenvalue weighted by Gasteiger charge is -2.35. The Morgan fingerprint density at radius 3 is 2.69 bits per heavy atom. The molecule has 1 atom stereocenters. The van der Waals surface area contributed by atoms with E-state index in [1.54, 1.807) is 0 Å². The van der Waals surface area contributed by atoms with Gasteiger partial charge >= 0.3 is 0 Å². The van der Waals surface area contributed by atoms with Crippen molar-refractivity contribution >= 4 is 35.0 Å². The van der Waals surface area contributed by atoms with Crippen LogP contribution < -0.4 is 15.5 Å². The molecule has 2 heterocycles. The van der Waals surface area contributed by atoms with Gasteiger partial charge in [0.05, 0.1) is 22.5 Å². The Morgan fingerprint density at radius 2 is 2.03 bits per heavy atom. The van der Waals surface area contributed by atoms with Crippen LogP contribution in [-0.2, 0) is 4.79 Å². The molecule has 1 saturated carbocycles. The van der Waals surface area contributed by atoms with E-state index in [4.69, 9.17) is 11.6 Å². The highest BCUT2D eigenvalue weighted by molar-refractivity contribution is 6.34. The van der Waals surface area contributed by atoms with E-state index in [-0.39, 0.29) is 40.5 Å². The number of carbonyl (C=O) groups is 3. The number of aliphatic hydroxyl groups is 1. The van der Waals surface area contributed by atoms with Gasteiger partial charge in [-0.1, -0.05) is 11.6 Å². The molecule has 1 spiro atoms. The maximum absolute atomic E-state index is 13.4. The molecule has 1 aromatic heterocycles. The molecule has 1 aliphatic carbocycles. The molecule has 170 valence electrons. The zero-order valence-corrected chi connectivity index (χ0v) is 18.1. The number of nitrogens with zero attached hydrogens (tertiary/aromatic N) is 2. The summed E-state index contributed by atoms with van der Waals surface area (Å²) in [5.41, 5.74) is -0.400. The van der Waals surface area contributed by atoms with Crippen molar-refractivity contribution in [2.45, 2.75) is 44.4 Å². The fourth-order valence-electron chi connectivity index (χ4n) is 4.62. The van der Waals surface area contributed by atoms with Gasteiger partial charge in [-0.3, -0.25) is 19.3 Å². The average Bonchev–Trinajstić information content (AvgIpc) is 3.34. The molecular formula is C21H23ClFN5O4. The summed E-state index contributed by atoms with van der Waals surface area (Å²) in [4.78, 5) is 45.6. The number of imidazole rings is 1. The lowest BCUT2D eigenvalue weighted by Crippen LogP contribution is -2.44. The van der Waals surface area contributed by atoms with Crippen LogP contribution in [0.3, 0.4) is 0 Å². The Hall–Kier alpha value is -2.98. The van der Waals surface area contributed by atoms with Gasteiger partial charge in [0.25, 0.3) is 11.8 Å². The zero-order valence-electron chi connectivity index (χ0n) is 17.3. The smallest absolute Gasteiger partial charge is 0.272 e. The summed E-state index contributed by atoms with van der Waals surface area (Å²) in [5.74, 6) is -1.69. The van der Waals surface area contributed by atoms with Gasteiger partial charge in [-0.05, 0) is 43.9 Å². The first kappa shape index (κ1) is 22.2. The molecule has 1 aliphatic heterocycles. The van der Waals surface area contributed by atoms with Crippen molar-refractivity contribution in [1.82, 2.24) is 20.6 Å². The molecule has 32 heavy (non-hydrogen) atoms. The number of carbonyl (C=O) groups excluding carboxylic acids is 3. The van der Waals surface area contributed by atoms with E-state index < -0.39 is 29.3 Å². The van der Waals surface area contributed by atoms with Gasteiger partial charge in [0.2, 0.25) is 5.91 Å². The van der Waals surface area contributed by atoms with Gasteiger partial charge in [0, 0.05) is 19.5 Å². The Labute approximate surface area is 188 Å². The van der Waals surface area contributed by atoms with Crippen molar-refractivity contribution in [1.29, 1.82) is 0 Å². The summed E-state index contributed by atoms with van der Waals surface area (Å²) in [7, 11) is 1.46. The number of amides is 3. The first-order valence-electron chi connectivity index (χ1n) is 10.3. The summed E-state index contributed by atoms with van der Waals surface area (Å²) < 4.78 is 13.4. The van der Waals surface area contributed by atoms with Crippen LogP contribution in [0.4, 0.5) is 10.1 Å². The highest BCUT2D eigenvalue weighted by Gasteiger charge is 2.53. The van der Waals surface area contributed by atoms with Crippen molar-refractivity contribution in [3.63, 3.8) is 0 Å². The van der Waals surface area contributed by atoms with Crippen LogP contribution in [0.1, 0.15) is 53.1 Å². The number of hydrogen-bond acceptors (Lipinski definition) is 5. The molecule has 3 amide bonds. The molecule has 1 saturated heterocycles. The van der Waals surface area contributed by atoms with Crippen molar-refractivity contribution < 1.29 is 23.9 Å². The number of hydrogen-bond donors (Lipinski definition) is 4. The molecule has 2 aliphatic rings. The number of halogens is 2. The third-order valence-corrected chi connectivity index (χ3v) is 6.60. The second-order valence-electron chi connectivity index (χ2n) is 8.19. The second kappa shape index (κ2) is 8.51. The second-order valence-corrected chi connectivity index (χ2v) is 8.60. The van der Waals surface area contributed by atoms with Gasteiger partial charge in [-0.15, -0.1) is 0 Å². The van der Waals surface area contributed by atoms with E-state index in [2.05, 4.69) is 20.6 Å². The third-order valence-electron chi connectivity index (χ3n) is 6.30. The molecule has 0 radical (unpaired) electrons. The van der Waals surface area contributed by atoms with E-state index >= 15 is 0 Å². The van der Waals surface area contributed by atoms with Gasteiger partial charge in [0.1, 0.15) is 17.7 Å². The summed E-state index contributed by atoms with van der Waals surface area (Å²) in [5, 5.41) is 16.0. The minimum atomic E-state index is -1.06. The summed E-state index contributed by atoms with van der Waals surface area (Å²) >= 11 is 6.11. The molecule has 1 aromatic carbocycles. The predicted octanol–water partition coefficient (Wildman–Crippen LogP) is 1.98. The van der Waals surface area contributed by atoms with Crippen LogP contribution in [0.15, 0.2) is 24.5 Å². The van der Waals surface area contributed by atoms with Crippen molar-refractivity contribution in [3.8, 4) is 0 Å². The number of aromatic amines is 1. The average molecular weight is 464 g/mol. The summed E-state index contributed by atoms with van der Waals surface area (Å²) in [6.45, 7) is 0. The van der Waals surface area contributed by atoms with Crippen LogP contribution in [0, 0.1) is 11.2 Å². The van der Waals surface area contributed by atoms with Crippen molar-refractivity contribution in [2.75, 3.05) is 11.9 Å². The van der Waals surface area contributed by atoms with Gasteiger partial charge in [-0.2, -0.15) is 0 Å². The molecule has 2 aromatic rings.